The number of hydrogen-bond donors (Lipinski definition) is 0. The van der Waals surface area contributed by atoms with Gasteiger partial charge in [0.2, 0.25) is 0 Å². The van der Waals surface area contributed by atoms with Crippen LogP contribution in [-0.2, 0) is 11.5 Å². The maximum atomic E-state index is 6.31. The standard InChI is InChI=1S/C42H62OS3/c1-2-3-4-5-6-9-12-15-24-31-44-32-25-16-13-10-7-8-11-14-23-30-43-40-34-38(36-45-41-26-19-17-20-27-41)33-39(35-40)37-46-42-28-21-18-22-29-42/h17-22,26-29,33-35H,2-16,23-25,30-32,36-37H2,1H3. The number of thioether (sulfide) groups is 3. The molecule has 0 radical (unpaired) electrons. The van der Waals surface area contributed by atoms with Crippen LogP contribution in [0.5, 0.6) is 5.75 Å². The van der Waals surface area contributed by atoms with Crippen LogP contribution in [0.1, 0.15) is 134 Å². The van der Waals surface area contributed by atoms with E-state index in [1.54, 1.807) is 0 Å². The van der Waals surface area contributed by atoms with Crippen LogP contribution in [0.4, 0.5) is 0 Å². The molecule has 0 aliphatic rings. The fourth-order valence-electron chi connectivity index (χ4n) is 5.70. The van der Waals surface area contributed by atoms with E-state index in [0.717, 1.165) is 30.3 Å². The second-order valence-electron chi connectivity index (χ2n) is 12.7. The molecule has 4 heteroatoms. The third-order valence-electron chi connectivity index (χ3n) is 8.42. The highest BCUT2D eigenvalue weighted by Crippen LogP contribution is 2.29. The van der Waals surface area contributed by atoms with E-state index in [9.17, 15) is 0 Å². The fraction of sp³-hybridized carbons (Fsp3) is 0.571. The molecule has 0 aliphatic heterocycles. The molecule has 0 amide bonds. The van der Waals surface area contributed by atoms with Crippen LogP contribution in [-0.4, -0.2) is 18.1 Å². The van der Waals surface area contributed by atoms with Gasteiger partial charge in [-0.1, -0.05) is 146 Å². The first-order chi connectivity index (χ1) is 22.8. The van der Waals surface area contributed by atoms with Gasteiger partial charge in [-0.05, 0) is 78.3 Å². The smallest absolute Gasteiger partial charge is 0.119 e. The second-order valence-corrected chi connectivity index (χ2v) is 16.0. The Kier molecular flexibility index (Phi) is 23.3. The van der Waals surface area contributed by atoms with Crippen molar-refractivity contribution in [3.8, 4) is 5.75 Å². The molecule has 0 N–H and O–H groups in total. The summed E-state index contributed by atoms with van der Waals surface area (Å²) in [5, 5.41) is 0. The van der Waals surface area contributed by atoms with Gasteiger partial charge in [-0.25, -0.2) is 0 Å². The normalized spacial score (nSPS) is 11.2. The Hall–Kier alpha value is -1.49. The zero-order chi connectivity index (χ0) is 32.2. The summed E-state index contributed by atoms with van der Waals surface area (Å²) in [6.07, 6.45) is 25.2. The van der Waals surface area contributed by atoms with E-state index >= 15 is 0 Å². The van der Waals surface area contributed by atoms with Crippen LogP contribution in [0.15, 0.2) is 88.7 Å². The van der Waals surface area contributed by atoms with Gasteiger partial charge < -0.3 is 4.74 Å². The van der Waals surface area contributed by atoms with Crippen molar-refractivity contribution in [1.82, 2.24) is 0 Å². The van der Waals surface area contributed by atoms with Crippen molar-refractivity contribution in [3.05, 3.63) is 90.0 Å². The van der Waals surface area contributed by atoms with E-state index < -0.39 is 0 Å². The highest BCUT2D eigenvalue weighted by atomic mass is 32.2. The lowest BCUT2D eigenvalue weighted by Gasteiger charge is -2.12. The Labute approximate surface area is 296 Å². The quantitative estimate of drug-likeness (QED) is 0.0533. The molecule has 0 spiro atoms. The summed E-state index contributed by atoms with van der Waals surface area (Å²) >= 11 is 5.99. The number of unbranched alkanes of at least 4 members (excludes halogenated alkanes) is 16. The van der Waals surface area contributed by atoms with E-state index in [1.807, 2.05) is 23.5 Å². The maximum Gasteiger partial charge on any atom is 0.119 e. The van der Waals surface area contributed by atoms with Gasteiger partial charge in [0, 0.05) is 21.3 Å². The molecular formula is C42H62OS3. The number of ether oxygens (including phenoxy) is 1. The van der Waals surface area contributed by atoms with Crippen LogP contribution >= 0.6 is 35.3 Å². The Morgan fingerprint density at radius 2 is 0.870 bits per heavy atom. The average Bonchev–Trinajstić information content (AvgIpc) is 3.09. The SMILES string of the molecule is CCCCCCCCCCCSCCCCCCCCCCCOc1cc(CSc2ccccc2)cc(CSc2ccccc2)c1. The van der Waals surface area contributed by atoms with E-state index in [2.05, 4.69) is 97.5 Å². The maximum absolute atomic E-state index is 6.31. The molecule has 254 valence electrons. The first-order valence-electron chi connectivity index (χ1n) is 18.5. The minimum absolute atomic E-state index is 0.817. The molecule has 1 nitrogen and oxygen atoms in total. The largest absolute Gasteiger partial charge is 0.494 e. The molecular weight excluding hydrogens is 617 g/mol. The second kappa shape index (κ2) is 27.5. The van der Waals surface area contributed by atoms with Gasteiger partial charge in [0.25, 0.3) is 0 Å². The summed E-state index contributed by atoms with van der Waals surface area (Å²) < 4.78 is 6.31. The highest BCUT2D eigenvalue weighted by Gasteiger charge is 2.06. The third kappa shape index (κ3) is 20.0. The van der Waals surface area contributed by atoms with Gasteiger partial charge in [0.05, 0.1) is 6.61 Å². The van der Waals surface area contributed by atoms with Crippen LogP contribution in [0.25, 0.3) is 0 Å². The van der Waals surface area contributed by atoms with Crippen molar-refractivity contribution in [2.24, 2.45) is 0 Å². The lowest BCUT2D eigenvalue weighted by atomic mass is 10.1. The van der Waals surface area contributed by atoms with Crippen molar-refractivity contribution >= 4 is 35.3 Å². The molecule has 0 heterocycles. The van der Waals surface area contributed by atoms with Gasteiger partial charge in [-0.3, -0.25) is 0 Å². The first kappa shape index (κ1) is 39.0. The Morgan fingerprint density at radius 1 is 0.457 bits per heavy atom. The van der Waals surface area contributed by atoms with Gasteiger partial charge in [0.1, 0.15) is 5.75 Å². The van der Waals surface area contributed by atoms with E-state index in [1.165, 1.54) is 142 Å². The third-order valence-corrected chi connectivity index (χ3v) is 11.7. The van der Waals surface area contributed by atoms with Crippen molar-refractivity contribution in [1.29, 1.82) is 0 Å². The molecule has 0 saturated heterocycles. The zero-order valence-corrected chi connectivity index (χ0v) is 31.4. The van der Waals surface area contributed by atoms with Gasteiger partial charge in [-0.15, -0.1) is 23.5 Å². The molecule has 0 atom stereocenters. The molecule has 3 aromatic carbocycles. The van der Waals surface area contributed by atoms with Crippen molar-refractivity contribution in [2.45, 2.75) is 144 Å². The number of rotatable bonds is 29. The summed E-state index contributed by atoms with van der Waals surface area (Å²) in [7, 11) is 0. The molecule has 3 aromatic rings. The molecule has 0 unspecified atom stereocenters. The molecule has 0 bridgehead atoms. The van der Waals surface area contributed by atoms with Gasteiger partial charge in [-0.2, -0.15) is 11.8 Å². The summed E-state index contributed by atoms with van der Waals surface area (Å²) in [6.45, 7) is 3.12. The predicted molar refractivity (Wildman–Crippen MR) is 210 cm³/mol. The Bertz CT molecular complexity index is 1040. The minimum Gasteiger partial charge on any atom is -0.494 e. The lowest BCUT2D eigenvalue weighted by molar-refractivity contribution is 0.304. The summed E-state index contributed by atoms with van der Waals surface area (Å²) in [4.78, 5) is 2.63. The Morgan fingerprint density at radius 3 is 1.33 bits per heavy atom. The van der Waals surface area contributed by atoms with Crippen LogP contribution < -0.4 is 4.74 Å². The predicted octanol–water partition coefficient (Wildman–Crippen LogP) is 14.4. The first-order valence-corrected chi connectivity index (χ1v) is 21.6. The Balaban J connectivity index is 1.18. The van der Waals surface area contributed by atoms with E-state index in [-0.39, 0.29) is 0 Å². The van der Waals surface area contributed by atoms with E-state index in [4.69, 9.17) is 4.74 Å². The highest BCUT2D eigenvalue weighted by molar-refractivity contribution is 7.99. The zero-order valence-electron chi connectivity index (χ0n) is 28.9. The van der Waals surface area contributed by atoms with Crippen LogP contribution in [0.3, 0.4) is 0 Å². The van der Waals surface area contributed by atoms with Gasteiger partial charge in [0.15, 0.2) is 0 Å². The van der Waals surface area contributed by atoms with Crippen molar-refractivity contribution < 1.29 is 4.74 Å². The summed E-state index contributed by atoms with van der Waals surface area (Å²) in [5.41, 5.74) is 2.68. The molecule has 46 heavy (non-hydrogen) atoms. The molecule has 3 rings (SSSR count). The van der Waals surface area contributed by atoms with Crippen molar-refractivity contribution in [3.63, 3.8) is 0 Å². The molecule has 0 saturated carbocycles. The number of benzene rings is 3. The van der Waals surface area contributed by atoms with Crippen LogP contribution in [0.2, 0.25) is 0 Å². The van der Waals surface area contributed by atoms with E-state index in [0.29, 0.717) is 0 Å². The van der Waals surface area contributed by atoms with Gasteiger partial charge >= 0.3 is 0 Å². The lowest BCUT2D eigenvalue weighted by Crippen LogP contribution is -1.99. The summed E-state index contributed by atoms with van der Waals surface area (Å²) in [5.74, 6) is 5.71. The average molecular weight is 679 g/mol. The molecule has 0 aromatic heterocycles. The summed E-state index contributed by atoms with van der Waals surface area (Å²) in [6, 6.07) is 28.3. The van der Waals surface area contributed by atoms with Crippen molar-refractivity contribution in [2.75, 3.05) is 18.1 Å². The van der Waals surface area contributed by atoms with Crippen LogP contribution in [0, 0.1) is 0 Å². The molecule has 0 aliphatic carbocycles. The monoisotopic (exact) mass is 678 g/mol. The fourth-order valence-corrected chi connectivity index (χ4v) is 8.42. The number of hydrogen-bond acceptors (Lipinski definition) is 4. The topological polar surface area (TPSA) is 9.23 Å². The molecule has 0 fully saturated rings. The minimum atomic E-state index is 0.817.